The Bertz CT molecular complexity index is 454. The van der Waals surface area contributed by atoms with E-state index in [1.165, 1.54) is 0 Å². The van der Waals surface area contributed by atoms with Gasteiger partial charge < -0.3 is 16.2 Å². The van der Waals surface area contributed by atoms with Crippen LogP contribution in [0.3, 0.4) is 0 Å². The first kappa shape index (κ1) is 15.8. The molecule has 19 heavy (non-hydrogen) atoms. The summed E-state index contributed by atoms with van der Waals surface area (Å²) in [5.74, 6) is -0.162. The Balaban J connectivity index is 2.71. The van der Waals surface area contributed by atoms with Gasteiger partial charge in [-0.05, 0) is 39.1 Å². The first-order chi connectivity index (χ1) is 8.86. The maximum atomic E-state index is 12.1. The summed E-state index contributed by atoms with van der Waals surface area (Å²) in [5.41, 5.74) is 6.70. The monoisotopic (exact) mass is 285 g/mol. The van der Waals surface area contributed by atoms with E-state index in [1.807, 2.05) is 6.92 Å². The number of carbonyl (C=O) groups excluding carboxylic acids is 1. The second-order valence-corrected chi connectivity index (χ2v) is 5.01. The van der Waals surface area contributed by atoms with Gasteiger partial charge in [-0.1, -0.05) is 11.6 Å². The fourth-order valence-electron chi connectivity index (χ4n) is 1.56. The minimum absolute atomic E-state index is 0.00200. The largest absolute Gasteiger partial charge is 0.397 e. The second kappa shape index (κ2) is 6.75. The van der Waals surface area contributed by atoms with Gasteiger partial charge in [-0.2, -0.15) is 0 Å². The molecule has 1 amide bonds. The Morgan fingerprint density at radius 1 is 1.53 bits per heavy atom. The molecule has 1 aromatic rings. The van der Waals surface area contributed by atoms with E-state index in [4.69, 9.17) is 22.4 Å². The highest BCUT2D eigenvalue weighted by Gasteiger charge is 2.21. The average Bonchev–Trinajstić information content (AvgIpc) is 2.40. The van der Waals surface area contributed by atoms with Crippen molar-refractivity contribution in [2.24, 2.45) is 0 Å². The zero-order valence-electron chi connectivity index (χ0n) is 11.4. The van der Waals surface area contributed by atoms with E-state index < -0.39 is 0 Å². The third-order valence-electron chi connectivity index (χ3n) is 3.21. The number of nitrogen functional groups attached to an aromatic ring is 1. The molecule has 0 aliphatic rings. The Morgan fingerprint density at radius 2 is 2.16 bits per heavy atom. The van der Waals surface area contributed by atoms with Crippen LogP contribution in [0.1, 0.15) is 13.8 Å². The van der Waals surface area contributed by atoms with Gasteiger partial charge in [0.25, 0.3) is 0 Å². The molecule has 0 spiro atoms. The second-order valence-electron chi connectivity index (χ2n) is 4.60. The minimum atomic E-state index is -0.362. The number of nitrogens with zero attached hydrogens (tertiary/aromatic N) is 1. The van der Waals surface area contributed by atoms with Crippen molar-refractivity contribution < 1.29 is 9.90 Å². The van der Waals surface area contributed by atoms with Crippen LogP contribution in [0.4, 0.5) is 11.4 Å². The van der Waals surface area contributed by atoms with E-state index >= 15 is 0 Å². The summed E-state index contributed by atoms with van der Waals surface area (Å²) in [6.07, 6.45) is 0. The average molecular weight is 286 g/mol. The van der Waals surface area contributed by atoms with Crippen molar-refractivity contribution in [2.75, 3.05) is 24.7 Å². The summed E-state index contributed by atoms with van der Waals surface area (Å²) in [4.78, 5) is 13.9. The van der Waals surface area contributed by atoms with E-state index in [9.17, 15) is 4.79 Å². The molecule has 4 N–H and O–H groups in total. The van der Waals surface area contributed by atoms with E-state index in [-0.39, 0.29) is 24.6 Å². The molecule has 0 heterocycles. The topological polar surface area (TPSA) is 78.6 Å². The fourth-order valence-corrected chi connectivity index (χ4v) is 1.68. The Kier molecular flexibility index (Phi) is 5.60. The maximum absolute atomic E-state index is 12.1. The predicted molar refractivity (Wildman–Crippen MR) is 78.3 cm³/mol. The lowest BCUT2D eigenvalue weighted by Gasteiger charge is -2.28. The van der Waals surface area contributed by atoms with Crippen molar-refractivity contribution in [3.8, 4) is 0 Å². The van der Waals surface area contributed by atoms with Crippen LogP contribution in [-0.4, -0.2) is 41.7 Å². The molecule has 0 fully saturated rings. The third kappa shape index (κ3) is 4.09. The fraction of sp³-hybridized carbons (Fsp3) is 0.462. The van der Waals surface area contributed by atoms with E-state index in [1.54, 1.807) is 37.1 Å². The summed E-state index contributed by atoms with van der Waals surface area (Å²) in [7, 11) is 1.79. The van der Waals surface area contributed by atoms with Crippen molar-refractivity contribution in [1.29, 1.82) is 0 Å². The normalized spacial score (nSPS) is 14.2. The molecule has 2 unspecified atom stereocenters. The van der Waals surface area contributed by atoms with Gasteiger partial charge >= 0.3 is 0 Å². The van der Waals surface area contributed by atoms with Gasteiger partial charge in [0, 0.05) is 11.7 Å². The third-order valence-corrected chi connectivity index (χ3v) is 3.56. The van der Waals surface area contributed by atoms with Crippen molar-refractivity contribution in [1.82, 2.24) is 4.90 Å². The van der Waals surface area contributed by atoms with Gasteiger partial charge in [0.2, 0.25) is 5.91 Å². The molecular weight excluding hydrogens is 266 g/mol. The SMILES string of the molecule is CC(CO)N(C)C(C)C(=O)Nc1ccc(Cl)c(N)c1. The van der Waals surface area contributed by atoms with Crippen LogP contribution in [0, 0.1) is 0 Å². The van der Waals surface area contributed by atoms with Crippen molar-refractivity contribution in [2.45, 2.75) is 25.9 Å². The van der Waals surface area contributed by atoms with Crippen molar-refractivity contribution >= 4 is 28.9 Å². The molecular formula is C13H20ClN3O2. The zero-order valence-corrected chi connectivity index (χ0v) is 12.1. The number of amides is 1. The number of aliphatic hydroxyl groups excluding tert-OH is 1. The molecule has 0 aliphatic carbocycles. The number of nitrogens with two attached hydrogens (primary N) is 1. The molecule has 6 heteroatoms. The van der Waals surface area contributed by atoms with Gasteiger partial charge in [0.1, 0.15) is 0 Å². The summed E-state index contributed by atoms with van der Waals surface area (Å²) in [6.45, 7) is 3.63. The highest BCUT2D eigenvalue weighted by Crippen LogP contribution is 2.22. The number of likely N-dealkylation sites (N-methyl/N-ethyl adjacent to an activating group) is 1. The van der Waals surface area contributed by atoms with Crippen molar-refractivity contribution in [3.63, 3.8) is 0 Å². The number of halogens is 1. The van der Waals surface area contributed by atoms with E-state index in [0.717, 1.165) is 0 Å². The van der Waals surface area contributed by atoms with Gasteiger partial charge in [0.15, 0.2) is 0 Å². The number of aliphatic hydroxyl groups is 1. The molecule has 0 saturated carbocycles. The molecule has 106 valence electrons. The van der Waals surface area contributed by atoms with Gasteiger partial charge in [-0.15, -0.1) is 0 Å². The molecule has 0 aromatic heterocycles. The lowest BCUT2D eigenvalue weighted by molar-refractivity contribution is -0.121. The number of hydrogen-bond donors (Lipinski definition) is 3. The molecule has 0 radical (unpaired) electrons. The summed E-state index contributed by atoms with van der Waals surface area (Å²) in [5, 5.41) is 12.3. The lowest BCUT2D eigenvalue weighted by Crippen LogP contribution is -2.45. The summed E-state index contributed by atoms with van der Waals surface area (Å²) >= 11 is 5.82. The predicted octanol–water partition coefficient (Wildman–Crippen LogP) is 1.56. The Morgan fingerprint density at radius 3 is 2.68 bits per heavy atom. The Labute approximate surface area is 118 Å². The summed E-state index contributed by atoms with van der Waals surface area (Å²) < 4.78 is 0. The molecule has 0 aliphatic heterocycles. The van der Waals surface area contributed by atoms with Crippen LogP contribution in [-0.2, 0) is 4.79 Å². The van der Waals surface area contributed by atoms with E-state index in [0.29, 0.717) is 16.4 Å². The first-order valence-electron chi connectivity index (χ1n) is 6.05. The number of nitrogens with one attached hydrogen (secondary N) is 1. The van der Waals surface area contributed by atoms with Gasteiger partial charge in [0.05, 0.1) is 23.4 Å². The number of hydrogen-bond acceptors (Lipinski definition) is 4. The summed E-state index contributed by atoms with van der Waals surface area (Å²) in [6, 6.07) is 4.49. The lowest BCUT2D eigenvalue weighted by atomic mass is 10.2. The van der Waals surface area contributed by atoms with Crippen LogP contribution in [0.25, 0.3) is 0 Å². The molecule has 1 rings (SSSR count). The van der Waals surface area contributed by atoms with Crippen LogP contribution in [0.5, 0.6) is 0 Å². The highest BCUT2D eigenvalue weighted by atomic mass is 35.5. The van der Waals surface area contributed by atoms with E-state index in [2.05, 4.69) is 5.32 Å². The smallest absolute Gasteiger partial charge is 0.241 e. The number of rotatable bonds is 5. The zero-order chi connectivity index (χ0) is 14.6. The van der Waals surface area contributed by atoms with Crippen molar-refractivity contribution in [3.05, 3.63) is 23.2 Å². The quantitative estimate of drug-likeness (QED) is 0.718. The van der Waals surface area contributed by atoms with Crippen LogP contribution >= 0.6 is 11.6 Å². The standard InChI is InChI=1S/C13H20ClN3O2/c1-8(7-18)17(3)9(2)13(19)16-10-4-5-11(14)12(15)6-10/h4-6,8-9,18H,7,15H2,1-3H3,(H,16,19). The molecule has 5 nitrogen and oxygen atoms in total. The van der Waals surface area contributed by atoms with Gasteiger partial charge in [-0.25, -0.2) is 0 Å². The Hall–Kier alpha value is -1.30. The number of benzene rings is 1. The minimum Gasteiger partial charge on any atom is -0.397 e. The molecule has 0 saturated heterocycles. The van der Waals surface area contributed by atoms with Crippen LogP contribution < -0.4 is 11.1 Å². The van der Waals surface area contributed by atoms with Crippen LogP contribution in [0.15, 0.2) is 18.2 Å². The number of carbonyl (C=O) groups is 1. The van der Waals surface area contributed by atoms with Gasteiger partial charge in [-0.3, -0.25) is 9.69 Å². The molecule has 0 bridgehead atoms. The molecule has 1 aromatic carbocycles. The highest BCUT2D eigenvalue weighted by molar-refractivity contribution is 6.33. The molecule has 2 atom stereocenters. The maximum Gasteiger partial charge on any atom is 0.241 e. The van der Waals surface area contributed by atoms with Crippen LogP contribution in [0.2, 0.25) is 5.02 Å². The number of anilines is 2. The first-order valence-corrected chi connectivity index (χ1v) is 6.43.